The molecule has 0 saturated carbocycles. The molecule has 1 aromatic carbocycles. The molecule has 6 heteroatoms. The summed E-state index contributed by atoms with van der Waals surface area (Å²) in [6, 6.07) is 9.90. The number of rotatable bonds is 4. The van der Waals surface area contributed by atoms with Crippen LogP contribution in [0.25, 0.3) is 0 Å². The summed E-state index contributed by atoms with van der Waals surface area (Å²) < 4.78 is 0. The highest BCUT2D eigenvalue weighted by Gasteiger charge is 2.23. The third-order valence-electron chi connectivity index (χ3n) is 4.22. The van der Waals surface area contributed by atoms with Gasteiger partial charge in [-0.1, -0.05) is 30.3 Å². The number of hydrogen-bond acceptors (Lipinski definition) is 4. The third kappa shape index (κ3) is 3.96. The maximum atomic E-state index is 12.2. The lowest BCUT2D eigenvalue weighted by Gasteiger charge is -2.27. The zero-order valence-corrected chi connectivity index (χ0v) is 13.2. The fourth-order valence-electron chi connectivity index (χ4n) is 2.89. The molecule has 0 unspecified atom stereocenters. The van der Waals surface area contributed by atoms with Gasteiger partial charge >= 0.3 is 0 Å². The van der Waals surface area contributed by atoms with E-state index >= 15 is 0 Å². The predicted molar refractivity (Wildman–Crippen MR) is 88.0 cm³/mol. The zero-order chi connectivity index (χ0) is 16.1. The molecule has 0 bridgehead atoms. The van der Waals surface area contributed by atoms with Crippen LogP contribution in [0.1, 0.15) is 24.8 Å². The molecule has 0 atom stereocenters. The van der Waals surface area contributed by atoms with Gasteiger partial charge in [0.2, 0.25) is 11.8 Å². The Hall–Kier alpha value is -2.21. The number of benzene rings is 1. The molecule has 0 aliphatic carbocycles. The summed E-state index contributed by atoms with van der Waals surface area (Å²) in [6.07, 6.45) is 1.27. The molecule has 122 valence electrons. The van der Waals surface area contributed by atoms with Crippen LogP contribution >= 0.6 is 0 Å². The van der Waals surface area contributed by atoms with Gasteiger partial charge in [-0.2, -0.15) is 5.10 Å². The van der Waals surface area contributed by atoms with Gasteiger partial charge in [-0.3, -0.25) is 9.59 Å². The quantitative estimate of drug-likeness (QED) is 0.895. The van der Waals surface area contributed by atoms with Crippen molar-refractivity contribution in [1.82, 2.24) is 15.2 Å². The van der Waals surface area contributed by atoms with Crippen molar-refractivity contribution in [3.8, 4) is 0 Å². The Morgan fingerprint density at radius 3 is 2.43 bits per heavy atom. The highest BCUT2D eigenvalue weighted by atomic mass is 16.2. The maximum absolute atomic E-state index is 12.2. The van der Waals surface area contributed by atoms with Crippen molar-refractivity contribution in [2.45, 2.75) is 19.3 Å². The van der Waals surface area contributed by atoms with Crippen LogP contribution in [0.4, 0.5) is 0 Å². The van der Waals surface area contributed by atoms with Gasteiger partial charge in [-0.05, 0) is 5.56 Å². The van der Waals surface area contributed by atoms with Gasteiger partial charge in [0, 0.05) is 45.4 Å². The van der Waals surface area contributed by atoms with Crippen LogP contribution in [0.3, 0.4) is 0 Å². The van der Waals surface area contributed by atoms with Crippen LogP contribution in [0.5, 0.6) is 0 Å². The van der Waals surface area contributed by atoms with E-state index in [1.165, 1.54) is 5.01 Å². The monoisotopic (exact) mass is 314 g/mol. The highest BCUT2D eigenvalue weighted by molar-refractivity contribution is 6.02. The topological polar surface area (TPSA) is 65.0 Å². The molecule has 1 fully saturated rings. The van der Waals surface area contributed by atoms with Crippen molar-refractivity contribution in [1.29, 1.82) is 0 Å². The smallest absolute Gasteiger partial charge is 0.243 e. The average Bonchev–Trinajstić information content (AvgIpc) is 3.11. The van der Waals surface area contributed by atoms with E-state index in [0.29, 0.717) is 6.54 Å². The molecule has 6 nitrogen and oxygen atoms in total. The first-order valence-corrected chi connectivity index (χ1v) is 8.16. The first-order valence-electron chi connectivity index (χ1n) is 8.16. The first-order chi connectivity index (χ1) is 11.2. The number of hydrazone groups is 1. The van der Waals surface area contributed by atoms with E-state index in [9.17, 15) is 9.59 Å². The van der Waals surface area contributed by atoms with Crippen LogP contribution in [-0.4, -0.2) is 60.2 Å². The zero-order valence-electron chi connectivity index (χ0n) is 13.2. The van der Waals surface area contributed by atoms with Crippen LogP contribution in [0.2, 0.25) is 0 Å². The van der Waals surface area contributed by atoms with Crippen molar-refractivity contribution in [2.24, 2.45) is 5.10 Å². The molecule has 2 aliphatic heterocycles. The molecule has 0 radical (unpaired) electrons. The first kappa shape index (κ1) is 15.7. The second-order valence-electron chi connectivity index (χ2n) is 5.81. The molecule has 1 aromatic rings. The van der Waals surface area contributed by atoms with Gasteiger partial charge in [0.25, 0.3) is 0 Å². The molecule has 0 aromatic heterocycles. The molecule has 3 rings (SSSR count). The summed E-state index contributed by atoms with van der Waals surface area (Å²) in [6.45, 7) is 3.72. The number of hydrogen-bond donors (Lipinski definition) is 1. The predicted octanol–water partition coefficient (Wildman–Crippen LogP) is 0.835. The third-order valence-corrected chi connectivity index (χ3v) is 4.22. The number of carbonyl (C=O) groups excluding carboxylic acids is 2. The van der Waals surface area contributed by atoms with Crippen LogP contribution in [0, 0.1) is 0 Å². The molecule has 1 saturated heterocycles. The van der Waals surface area contributed by atoms with E-state index in [1.54, 1.807) is 0 Å². The Balaban J connectivity index is 1.51. The van der Waals surface area contributed by atoms with E-state index < -0.39 is 0 Å². The summed E-state index contributed by atoms with van der Waals surface area (Å²) in [5, 5.41) is 9.13. The number of piperazine rings is 1. The van der Waals surface area contributed by atoms with E-state index in [0.717, 1.165) is 43.9 Å². The summed E-state index contributed by atoms with van der Waals surface area (Å²) in [5.41, 5.74) is 1.99. The Kier molecular flexibility index (Phi) is 5.02. The fourth-order valence-corrected chi connectivity index (χ4v) is 2.89. The SMILES string of the molecule is O=C(CCC(=O)N1CCC(c2ccccc2)=N1)N1CCNCC1. The Morgan fingerprint density at radius 1 is 1.00 bits per heavy atom. The van der Waals surface area contributed by atoms with Crippen molar-refractivity contribution >= 4 is 17.5 Å². The van der Waals surface area contributed by atoms with E-state index in [-0.39, 0.29) is 24.7 Å². The van der Waals surface area contributed by atoms with Crippen molar-refractivity contribution in [2.75, 3.05) is 32.7 Å². The number of nitrogens with one attached hydrogen (secondary N) is 1. The second kappa shape index (κ2) is 7.37. The molecule has 1 N–H and O–H groups in total. The summed E-state index contributed by atoms with van der Waals surface area (Å²) in [5.74, 6) is -0.00859. The fraction of sp³-hybridized carbons (Fsp3) is 0.471. The van der Waals surface area contributed by atoms with Gasteiger partial charge in [-0.15, -0.1) is 0 Å². The van der Waals surface area contributed by atoms with Gasteiger partial charge in [0.15, 0.2) is 0 Å². The van der Waals surface area contributed by atoms with Crippen LogP contribution in [0.15, 0.2) is 35.4 Å². The van der Waals surface area contributed by atoms with E-state index in [2.05, 4.69) is 10.4 Å². The average molecular weight is 314 g/mol. The van der Waals surface area contributed by atoms with Crippen LogP contribution < -0.4 is 5.32 Å². The normalized spacial score (nSPS) is 18.0. The number of nitrogens with zero attached hydrogens (tertiary/aromatic N) is 3. The molecular weight excluding hydrogens is 292 g/mol. The number of carbonyl (C=O) groups is 2. The van der Waals surface area contributed by atoms with E-state index in [1.807, 2.05) is 35.2 Å². The molecule has 2 amide bonds. The maximum Gasteiger partial charge on any atom is 0.243 e. The van der Waals surface area contributed by atoms with E-state index in [4.69, 9.17) is 0 Å². The molecule has 2 aliphatic rings. The molecular formula is C17H22N4O2. The Bertz CT molecular complexity index is 594. The minimum absolute atomic E-state index is 0.0614. The van der Waals surface area contributed by atoms with Crippen molar-refractivity contribution in [3.63, 3.8) is 0 Å². The minimum atomic E-state index is -0.0700. The second-order valence-corrected chi connectivity index (χ2v) is 5.81. The van der Waals surface area contributed by atoms with Crippen molar-refractivity contribution < 1.29 is 9.59 Å². The lowest BCUT2D eigenvalue weighted by Crippen LogP contribution is -2.46. The van der Waals surface area contributed by atoms with Crippen LogP contribution in [-0.2, 0) is 9.59 Å². The minimum Gasteiger partial charge on any atom is -0.340 e. The Morgan fingerprint density at radius 2 is 1.70 bits per heavy atom. The summed E-state index contributed by atoms with van der Waals surface area (Å²) in [4.78, 5) is 26.2. The van der Waals surface area contributed by atoms with Gasteiger partial charge in [-0.25, -0.2) is 5.01 Å². The largest absolute Gasteiger partial charge is 0.340 e. The van der Waals surface area contributed by atoms with Gasteiger partial charge in [0.05, 0.1) is 12.3 Å². The van der Waals surface area contributed by atoms with Gasteiger partial charge in [0.1, 0.15) is 0 Å². The molecule has 2 heterocycles. The lowest BCUT2D eigenvalue weighted by molar-refractivity contribution is -0.137. The van der Waals surface area contributed by atoms with Gasteiger partial charge < -0.3 is 10.2 Å². The summed E-state index contributed by atoms with van der Waals surface area (Å²) in [7, 11) is 0. The Labute approximate surface area is 136 Å². The summed E-state index contributed by atoms with van der Waals surface area (Å²) >= 11 is 0. The molecule has 0 spiro atoms. The highest BCUT2D eigenvalue weighted by Crippen LogP contribution is 2.15. The van der Waals surface area contributed by atoms with Crippen molar-refractivity contribution in [3.05, 3.63) is 35.9 Å². The molecule has 23 heavy (non-hydrogen) atoms. The lowest BCUT2D eigenvalue weighted by atomic mass is 10.1. The standard InChI is InChI=1S/C17H22N4O2/c22-16(20-12-9-18-10-13-20)6-7-17(23)21-11-8-15(19-21)14-4-2-1-3-5-14/h1-5,18H,6-13H2. The number of amides is 2.